The van der Waals surface area contributed by atoms with Crippen LogP contribution in [0.2, 0.25) is 0 Å². The van der Waals surface area contributed by atoms with E-state index in [-0.39, 0.29) is 18.2 Å². The zero-order chi connectivity index (χ0) is 16.4. The van der Waals surface area contributed by atoms with E-state index in [1.807, 2.05) is 30.3 Å². The molecule has 2 N–H and O–H groups in total. The number of halogens is 1. The summed E-state index contributed by atoms with van der Waals surface area (Å²) in [5.41, 5.74) is 1.79. The summed E-state index contributed by atoms with van der Waals surface area (Å²) >= 11 is 0. The van der Waals surface area contributed by atoms with Crippen molar-refractivity contribution in [1.29, 1.82) is 0 Å². The Kier molecular flexibility index (Phi) is 5.24. The lowest BCUT2D eigenvalue weighted by atomic mass is 10.1. The number of anilines is 3. The molecule has 0 unspecified atom stereocenters. The summed E-state index contributed by atoms with van der Waals surface area (Å²) in [5, 5.41) is 13.7. The largest absolute Gasteiger partial charge is 0.508 e. The van der Waals surface area contributed by atoms with Crippen LogP contribution in [0.25, 0.3) is 10.9 Å². The van der Waals surface area contributed by atoms with Crippen LogP contribution in [0.4, 0.5) is 17.5 Å². The maximum absolute atomic E-state index is 9.41. The van der Waals surface area contributed by atoms with Crippen molar-refractivity contribution < 1.29 is 5.11 Å². The molecule has 2 heterocycles. The number of rotatable bonds is 3. The molecule has 25 heavy (non-hydrogen) atoms. The van der Waals surface area contributed by atoms with Gasteiger partial charge in [0.15, 0.2) is 0 Å². The Labute approximate surface area is 153 Å². The maximum atomic E-state index is 9.41. The van der Waals surface area contributed by atoms with Crippen LogP contribution in [0.3, 0.4) is 0 Å². The zero-order valence-electron chi connectivity index (χ0n) is 13.9. The lowest BCUT2D eigenvalue weighted by Gasteiger charge is -2.28. The average molecular weight is 357 g/mol. The van der Waals surface area contributed by atoms with Gasteiger partial charge in [0.25, 0.3) is 0 Å². The highest BCUT2D eigenvalue weighted by molar-refractivity contribution is 5.90. The van der Waals surface area contributed by atoms with Gasteiger partial charge >= 0.3 is 0 Å². The first kappa shape index (κ1) is 17.3. The SMILES string of the molecule is Cl.Oc1ccc(Nc2nc(N3CCCCC3)c3ccccc3n2)cc1. The van der Waals surface area contributed by atoms with E-state index in [0.717, 1.165) is 35.5 Å². The van der Waals surface area contributed by atoms with Crippen molar-refractivity contribution in [1.82, 2.24) is 9.97 Å². The van der Waals surface area contributed by atoms with Gasteiger partial charge in [-0.2, -0.15) is 4.98 Å². The van der Waals surface area contributed by atoms with Crippen molar-refractivity contribution in [2.24, 2.45) is 0 Å². The highest BCUT2D eigenvalue weighted by Crippen LogP contribution is 2.28. The first-order valence-corrected chi connectivity index (χ1v) is 8.37. The molecule has 1 aromatic heterocycles. The molecule has 0 aliphatic carbocycles. The van der Waals surface area contributed by atoms with Gasteiger partial charge in [-0.25, -0.2) is 4.98 Å². The lowest BCUT2D eigenvalue weighted by molar-refractivity contribution is 0.475. The number of nitrogens with one attached hydrogen (secondary N) is 1. The van der Waals surface area contributed by atoms with Crippen LogP contribution in [0, 0.1) is 0 Å². The zero-order valence-corrected chi connectivity index (χ0v) is 14.7. The second-order valence-electron chi connectivity index (χ2n) is 6.11. The molecule has 1 aliphatic heterocycles. The van der Waals surface area contributed by atoms with E-state index < -0.39 is 0 Å². The van der Waals surface area contributed by atoms with Crippen molar-refractivity contribution in [3.8, 4) is 5.75 Å². The molecular weight excluding hydrogens is 336 g/mol. The number of phenols is 1. The molecule has 130 valence electrons. The summed E-state index contributed by atoms with van der Waals surface area (Å²) in [6.07, 6.45) is 3.70. The van der Waals surface area contributed by atoms with Crippen molar-refractivity contribution in [3.63, 3.8) is 0 Å². The highest BCUT2D eigenvalue weighted by atomic mass is 35.5. The molecule has 1 saturated heterocycles. The van der Waals surface area contributed by atoms with Crippen LogP contribution in [0.1, 0.15) is 19.3 Å². The van der Waals surface area contributed by atoms with E-state index >= 15 is 0 Å². The summed E-state index contributed by atoms with van der Waals surface area (Å²) in [6.45, 7) is 2.08. The molecule has 0 amide bonds. The summed E-state index contributed by atoms with van der Waals surface area (Å²) in [5.74, 6) is 1.83. The Morgan fingerprint density at radius 3 is 2.36 bits per heavy atom. The molecular formula is C19H21ClN4O. The number of para-hydroxylation sites is 1. The van der Waals surface area contributed by atoms with Crippen molar-refractivity contribution in [2.45, 2.75) is 19.3 Å². The van der Waals surface area contributed by atoms with Crippen LogP contribution in [-0.2, 0) is 0 Å². The molecule has 2 aromatic carbocycles. The third-order valence-corrected chi connectivity index (χ3v) is 4.36. The third-order valence-electron chi connectivity index (χ3n) is 4.36. The van der Waals surface area contributed by atoms with Gasteiger partial charge in [-0.3, -0.25) is 0 Å². The van der Waals surface area contributed by atoms with Gasteiger partial charge < -0.3 is 15.3 Å². The molecule has 1 fully saturated rings. The number of piperidine rings is 1. The van der Waals surface area contributed by atoms with E-state index in [4.69, 9.17) is 4.98 Å². The minimum absolute atomic E-state index is 0. The van der Waals surface area contributed by atoms with E-state index in [1.165, 1.54) is 19.3 Å². The molecule has 0 radical (unpaired) electrons. The number of phenolic OH excluding ortho intramolecular Hbond substituents is 1. The fourth-order valence-corrected chi connectivity index (χ4v) is 3.14. The van der Waals surface area contributed by atoms with E-state index in [2.05, 4.69) is 21.3 Å². The second-order valence-corrected chi connectivity index (χ2v) is 6.11. The Hall–Kier alpha value is -2.53. The maximum Gasteiger partial charge on any atom is 0.229 e. The minimum atomic E-state index is 0. The fraction of sp³-hybridized carbons (Fsp3) is 0.263. The van der Waals surface area contributed by atoms with Crippen molar-refractivity contribution >= 4 is 40.8 Å². The summed E-state index contributed by atoms with van der Waals surface area (Å²) in [6, 6.07) is 15.1. The number of benzene rings is 2. The van der Waals surface area contributed by atoms with Gasteiger partial charge in [0.1, 0.15) is 11.6 Å². The molecule has 0 spiro atoms. The van der Waals surface area contributed by atoms with Crippen LogP contribution in [0.15, 0.2) is 48.5 Å². The van der Waals surface area contributed by atoms with Crippen LogP contribution in [0.5, 0.6) is 5.75 Å². The van der Waals surface area contributed by atoms with E-state index in [9.17, 15) is 5.11 Å². The smallest absolute Gasteiger partial charge is 0.229 e. The van der Waals surface area contributed by atoms with E-state index in [0.29, 0.717) is 5.95 Å². The predicted octanol–water partition coefficient (Wildman–Crippen LogP) is 4.49. The van der Waals surface area contributed by atoms with Crippen molar-refractivity contribution in [3.05, 3.63) is 48.5 Å². The standard InChI is InChI=1S/C19H20N4O.ClH/c24-15-10-8-14(9-11-15)20-19-21-17-7-3-2-6-16(17)18(22-19)23-12-4-1-5-13-23;/h2-3,6-11,24H,1,4-5,12-13H2,(H,20,21,22);1H. The first-order valence-electron chi connectivity index (χ1n) is 8.37. The first-order chi connectivity index (χ1) is 11.8. The number of hydrogen-bond donors (Lipinski definition) is 2. The normalized spacial score (nSPS) is 14.2. The van der Waals surface area contributed by atoms with E-state index in [1.54, 1.807) is 12.1 Å². The van der Waals surface area contributed by atoms with Crippen LogP contribution < -0.4 is 10.2 Å². The Bertz CT molecular complexity index is 848. The van der Waals surface area contributed by atoms with Crippen molar-refractivity contribution in [2.75, 3.05) is 23.3 Å². The van der Waals surface area contributed by atoms with Gasteiger partial charge in [0.05, 0.1) is 5.52 Å². The number of aromatic nitrogens is 2. The van der Waals surface area contributed by atoms with Gasteiger partial charge in [0.2, 0.25) is 5.95 Å². The van der Waals surface area contributed by atoms with Gasteiger partial charge in [-0.05, 0) is 55.7 Å². The van der Waals surface area contributed by atoms with Crippen LogP contribution >= 0.6 is 12.4 Å². The molecule has 1 aliphatic rings. The summed E-state index contributed by atoms with van der Waals surface area (Å²) in [7, 11) is 0. The average Bonchev–Trinajstić information content (AvgIpc) is 2.64. The molecule has 6 heteroatoms. The molecule has 4 rings (SSSR count). The molecule has 5 nitrogen and oxygen atoms in total. The monoisotopic (exact) mass is 356 g/mol. The van der Waals surface area contributed by atoms with Gasteiger partial charge in [-0.1, -0.05) is 12.1 Å². The third kappa shape index (κ3) is 3.77. The number of hydrogen-bond acceptors (Lipinski definition) is 5. The highest BCUT2D eigenvalue weighted by Gasteiger charge is 2.17. The molecule has 3 aromatic rings. The number of fused-ring (bicyclic) bond motifs is 1. The quantitative estimate of drug-likeness (QED) is 0.677. The fourth-order valence-electron chi connectivity index (χ4n) is 3.14. The minimum Gasteiger partial charge on any atom is -0.508 e. The Morgan fingerprint density at radius 1 is 0.880 bits per heavy atom. The Balaban J connectivity index is 0.00000182. The predicted molar refractivity (Wildman–Crippen MR) is 104 cm³/mol. The van der Waals surface area contributed by atoms with Crippen LogP contribution in [-0.4, -0.2) is 28.2 Å². The van der Waals surface area contributed by atoms with Gasteiger partial charge in [-0.15, -0.1) is 12.4 Å². The summed E-state index contributed by atoms with van der Waals surface area (Å²) < 4.78 is 0. The topological polar surface area (TPSA) is 61.3 Å². The molecule has 0 bridgehead atoms. The number of aromatic hydroxyl groups is 1. The molecule has 0 saturated carbocycles. The van der Waals surface area contributed by atoms with Gasteiger partial charge in [0, 0.05) is 24.2 Å². The number of nitrogens with zero attached hydrogens (tertiary/aromatic N) is 3. The molecule has 0 atom stereocenters. The second kappa shape index (κ2) is 7.57. The lowest BCUT2D eigenvalue weighted by Crippen LogP contribution is -2.30. The Morgan fingerprint density at radius 2 is 1.60 bits per heavy atom. The summed E-state index contributed by atoms with van der Waals surface area (Å²) in [4.78, 5) is 11.8.